The quantitative estimate of drug-likeness (QED) is 0.0751. The second kappa shape index (κ2) is 16.7. The highest BCUT2D eigenvalue weighted by Gasteiger charge is 2.40. The van der Waals surface area contributed by atoms with Gasteiger partial charge < -0.3 is 35.3 Å². The van der Waals surface area contributed by atoms with Gasteiger partial charge in [-0.1, -0.05) is 54.6 Å². The van der Waals surface area contributed by atoms with Gasteiger partial charge in [0.15, 0.2) is 0 Å². The maximum absolute atomic E-state index is 12.8. The molecule has 0 spiro atoms. The van der Waals surface area contributed by atoms with Crippen molar-refractivity contribution < 1.29 is 24.9 Å². The molecule has 1 aromatic heterocycles. The number of unbranched alkanes of at least 4 members (excludes halogenated alkanes) is 1. The number of carbonyl (C=O) groups is 1. The topological polar surface area (TPSA) is 138 Å². The molecule has 8 rings (SSSR count). The van der Waals surface area contributed by atoms with Crippen LogP contribution in [0, 0.1) is 5.92 Å². The lowest BCUT2D eigenvalue weighted by molar-refractivity contribution is 0.0838. The number of aryl methyl sites for hydroxylation is 1. The number of rotatable bonds is 15. The van der Waals surface area contributed by atoms with E-state index in [9.17, 15) is 24.9 Å². The third-order valence-corrected chi connectivity index (χ3v) is 10.8. The number of hydrogen-bond acceptors (Lipinski definition) is 7. The average molecular weight is 717 g/mol. The Kier molecular flexibility index (Phi) is 11.4. The number of ether oxygens (including phenoxy) is 1. The first-order chi connectivity index (χ1) is 25.8. The van der Waals surface area contributed by atoms with Crippen LogP contribution in [0.5, 0.6) is 11.5 Å². The van der Waals surface area contributed by atoms with Gasteiger partial charge in [0.2, 0.25) is 5.56 Å². The lowest BCUT2D eigenvalue weighted by Crippen LogP contribution is -2.58. The number of hydrogen-bond donors (Lipinski definition) is 5. The molecule has 10 heteroatoms. The fourth-order valence-corrected chi connectivity index (χ4v) is 7.95. The summed E-state index contributed by atoms with van der Waals surface area (Å²) in [5.74, 6) is 1.19. The smallest absolute Gasteiger partial charge is 0.412 e. The summed E-state index contributed by atoms with van der Waals surface area (Å²) in [5, 5.41) is 35.3. The van der Waals surface area contributed by atoms with Crippen LogP contribution in [0.15, 0.2) is 102 Å². The number of aromatic hydroxyl groups is 1. The molecule has 5 N–H and O–H groups in total. The van der Waals surface area contributed by atoms with Gasteiger partial charge in [-0.3, -0.25) is 9.69 Å². The molecule has 10 nitrogen and oxygen atoms in total. The number of H-pyrrole nitrogens is 1. The monoisotopic (exact) mass is 716 g/mol. The predicted molar refractivity (Wildman–Crippen MR) is 208 cm³/mol. The normalized spacial score (nSPS) is 18.5. The van der Waals surface area contributed by atoms with Gasteiger partial charge in [0.1, 0.15) is 11.5 Å². The molecule has 53 heavy (non-hydrogen) atoms. The second-order valence-electron chi connectivity index (χ2n) is 14.3. The number of pyridine rings is 1. The zero-order valence-corrected chi connectivity index (χ0v) is 29.9. The van der Waals surface area contributed by atoms with Crippen LogP contribution in [0.25, 0.3) is 22.0 Å². The highest BCUT2D eigenvalue weighted by Crippen LogP contribution is 2.39. The molecule has 3 aliphatic rings. The molecule has 5 aromatic rings. The van der Waals surface area contributed by atoms with Gasteiger partial charge in [-0.25, -0.2) is 4.79 Å². The van der Waals surface area contributed by atoms with Gasteiger partial charge in [-0.05, 0) is 123 Å². The lowest BCUT2D eigenvalue weighted by atomic mass is 9.82. The summed E-state index contributed by atoms with van der Waals surface area (Å²) in [7, 11) is 0. The fourth-order valence-electron chi connectivity index (χ4n) is 7.95. The molecule has 4 aromatic carbocycles. The first-order valence-electron chi connectivity index (χ1n) is 18.7. The SMILES string of the molecule is O=C(O)N(c1ccc(CCCCOc2ccc(CCNC[C@H](O)c3ccc(O)c4[nH]c(=O)ccc34)cc2)cc1-c1ccccc1)[C@H]1CN2CCC1CC2. The lowest BCUT2D eigenvalue weighted by Gasteiger charge is -2.48. The summed E-state index contributed by atoms with van der Waals surface area (Å²) in [6.07, 6.45) is 3.92. The van der Waals surface area contributed by atoms with Gasteiger partial charge in [-0.2, -0.15) is 0 Å². The highest BCUT2D eigenvalue weighted by molar-refractivity contribution is 5.94. The number of aromatic nitrogens is 1. The molecule has 0 unspecified atom stereocenters. The Bertz CT molecular complexity index is 2060. The van der Waals surface area contributed by atoms with E-state index in [2.05, 4.69) is 51.6 Å². The molecule has 276 valence electrons. The second-order valence-corrected chi connectivity index (χ2v) is 14.3. The number of aliphatic hydroxyl groups is 1. The number of phenols is 1. The Morgan fingerprint density at radius 1 is 0.925 bits per heavy atom. The number of phenolic OH excluding ortho intramolecular Hbond substituents is 1. The average Bonchev–Trinajstić information content (AvgIpc) is 3.18. The van der Waals surface area contributed by atoms with E-state index in [0.29, 0.717) is 42.1 Å². The van der Waals surface area contributed by atoms with E-state index in [0.717, 1.165) is 86.3 Å². The number of fused-ring (bicyclic) bond motifs is 4. The third kappa shape index (κ3) is 8.57. The van der Waals surface area contributed by atoms with Crippen molar-refractivity contribution in [3.8, 4) is 22.6 Å². The fraction of sp³-hybridized carbons (Fsp3) is 0.349. The van der Waals surface area contributed by atoms with Gasteiger partial charge in [0.25, 0.3) is 0 Å². The van der Waals surface area contributed by atoms with E-state index in [-0.39, 0.29) is 17.4 Å². The third-order valence-electron chi connectivity index (χ3n) is 10.8. The van der Waals surface area contributed by atoms with Crippen molar-refractivity contribution in [2.75, 3.05) is 44.2 Å². The van der Waals surface area contributed by atoms with Crippen LogP contribution in [0.3, 0.4) is 0 Å². The molecule has 0 aliphatic carbocycles. The summed E-state index contributed by atoms with van der Waals surface area (Å²) in [6, 6.07) is 30.6. The van der Waals surface area contributed by atoms with E-state index in [1.165, 1.54) is 17.7 Å². The summed E-state index contributed by atoms with van der Waals surface area (Å²) in [5.41, 5.74) is 5.76. The molecule has 2 bridgehead atoms. The van der Waals surface area contributed by atoms with E-state index in [1.54, 1.807) is 17.0 Å². The molecule has 3 aliphatic heterocycles. The van der Waals surface area contributed by atoms with Gasteiger partial charge in [0.05, 0.1) is 30.0 Å². The number of carboxylic acid groups (broad SMARTS) is 1. The van der Waals surface area contributed by atoms with E-state index in [4.69, 9.17) is 4.74 Å². The molecular formula is C43H48N4O6. The summed E-state index contributed by atoms with van der Waals surface area (Å²) < 4.78 is 6.05. The number of anilines is 1. The zero-order chi connectivity index (χ0) is 36.7. The van der Waals surface area contributed by atoms with Crippen molar-refractivity contribution in [2.24, 2.45) is 5.92 Å². The number of nitrogens with zero attached hydrogens (tertiary/aromatic N) is 2. The molecular weight excluding hydrogens is 668 g/mol. The van der Waals surface area contributed by atoms with Crippen LogP contribution in [-0.4, -0.2) is 76.7 Å². The Hall–Kier alpha value is -5.16. The minimum absolute atomic E-state index is 0.0281. The molecule has 1 amide bonds. The summed E-state index contributed by atoms with van der Waals surface area (Å²) in [4.78, 5) is 31.1. The van der Waals surface area contributed by atoms with Crippen molar-refractivity contribution in [1.29, 1.82) is 0 Å². The van der Waals surface area contributed by atoms with Crippen LogP contribution < -0.4 is 20.5 Å². The van der Waals surface area contributed by atoms with Crippen molar-refractivity contribution >= 4 is 22.7 Å². The van der Waals surface area contributed by atoms with Crippen LogP contribution in [-0.2, 0) is 12.8 Å². The number of amides is 1. The van der Waals surface area contributed by atoms with Crippen LogP contribution in [0.2, 0.25) is 0 Å². The number of aromatic amines is 1. The highest BCUT2D eigenvalue weighted by atomic mass is 16.5. The van der Waals surface area contributed by atoms with Crippen LogP contribution in [0.1, 0.15) is 48.5 Å². The van der Waals surface area contributed by atoms with Gasteiger partial charge in [0, 0.05) is 30.1 Å². The van der Waals surface area contributed by atoms with Crippen molar-refractivity contribution in [2.45, 2.75) is 50.7 Å². The Morgan fingerprint density at radius 3 is 2.43 bits per heavy atom. The van der Waals surface area contributed by atoms with E-state index < -0.39 is 12.2 Å². The molecule has 2 atom stereocenters. The summed E-state index contributed by atoms with van der Waals surface area (Å²) in [6.45, 7) is 4.53. The maximum atomic E-state index is 12.8. The van der Waals surface area contributed by atoms with Crippen molar-refractivity contribution in [1.82, 2.24) is 15.2 Å². The number of benzene rings is 4. The first kappa shape index (κ1) is 36.2. The van der Waals surface area contributed by atoms with Crippen molar-refractivity contribution in [3.63, 3.8) is 0 Å². The Balaban J connectivity index is 0.880. The standard InChI is InChI=1S/C43H48N4O6/c48-39-17-14-34(35-15-18-41(50)45-42(35)39)40(49)27-44-22-19-29-9-12-33(13-10-29)53-25-5-4-6-30-11-16-37(36(26-30)31-7-2-1-3-8-31)47(43(51)52)38-28-46-23-20-32(38)21-24-46/h1-3,7-18,26,32,38,40,44,48-49H,4-6,19-25,27-28H2,(H,45,50)(H,51,52)/t38-,40-/m0/s1. The van der Waals surface area contributed by atoms with Gasteiger partial charge in [-0.15, -0.1) is 0 Å². The summed E-state index contributed by atoms with van der Waals surface area (Å²) >= 11 is 0. The number of aliphatic hydroxyl groups excluding tert-OH is 1. The number of nitrogens with one attached hydrogen (secondary N) is 2. The van der Waals surface area contributed by atoms with Crippen LogP contribution in [0.4, 0.5) is 10.5 Å². The maximum Gasteiger partial charge on any atom is 0.412 e. The molecule has 3 fully saturated rings. The van der Waals surface area contributed by atoms with E-state index in [1.807, 2.05) is 36.4 Å². The molecule has 4 heterocycles. The zero-order valence-electron chi connectivity index (χ0n) is 29.9. The minimum Gasteiger partial charge on any atom is -0.506 e. The largest absolute Gasteiger partial charge is 0.506 e. The first-order valence-corrected chi connectivity index (χ1v) is 18.7. The molecule has 0 radical (unpaired) electrons. The minimum atomic E-state index is -0.882. The molecule has 0 saturated carbocycles. The predicted octanol–water partition coefficient (Wildman–Crippen LogP) is 6.75. The number of piperidine rings is 3. The Labute approximate surface area is 309 Å². The van der Waals surface area contributed by atoms with E-state index >= 15 is 0 Å². The van der Waals surface area contributed by atoms with Crippen molar-refractivity contribution in [3.05, 3.63) is 124 Å². The Morgan fingerprint density at radius 2 is 1.70 bits per heavy atom. The molecule has 3 saturated heterocycles. The van der Waals surface area contributed by atoms with Gasteiger partial charge >= 0.3 is 6.09 Å². The van der Waals surface area contributed by atoms with Crippen LogP contribution >= 0.6 is 0 Å².